The average Bonchev–Trinajstić information content (AvgIpc) is 2.85. The lowest BCUT2D eigenvalue weighted by Crippen LogP contribution is -2.65. The van der Waals surface area contributed by atoms with E-state index < -0.39 is 28.7 Å². The number of carbonyl (C=O) groups excluding carboxylic acids is 1. The van der Waals surface area contributed by atoms with Crippen molar-refractivity contribution in [1.29, 1.82) is 0 Å². The molecule has 8 atom stereocenters. The van der Waals surface area contributed by atoms with Gasteiger partial charge in [0, 0.05) is 5.41 Å². The largest absolute Gasteiger partial charge is 0.481 e. The second-order valence-corrected chi connectivity index (χ2v) is 17.9. The third-order valence-electron chi connectivity index (χ3n) is 14.4. The predicted octanol–water partition coefficient (Wildman–Crippen LogP) is 8.29. The molecule has 0 bridgehead atoms. The number of hydrogen-bond acceptors (Lipinski definition) is 4. The maximum absolute atomic E-state index is 12.9. The van der Waals surface area contributed by atoms with Crippen LogP contribution in [0.25, 0.3) is 0 Å². The summed E-state index contributed by atoms with van der Waals surface area (Å²) in [6, 6.07) is 0. The van der Waals surface area contributed by atoms with Gasteiger partial charge in [0.05, 0.1) is 17.3 Å². The second-order valence-electron chi connectivity index (χ2n) is 17.9. The van der Waals surface area contributed by atoms with Gasteiger partial charge in [0.25, 0.3) is 0 Å². The normalized spacial score (nSPS) is 43.9. The van der Waals surface area contributed by atoms with Crippen LogP contribution in [-0.2, 0) is 19.1 Å². The molecule has 5 rings (SSSR count). The van der Waals surface area contributed by atoms with Crippen LogP contribution < -0.4 is 0 Å². The van der Waals surface area contributed by atoms with Crippen LogP contribution in [0.5, 0.6) is 0 Å². The summed E-state index contributed by atoms with van der Waals surface area (Å²) in [5.74, 6) is -1.01. The Labute approximate surface area is 253 Å². The molecule has 0 heterocycles. The van der Waals surface area contributed by atoms with Crippen LogP contribution in [0.4, 0.5) is 0 Å². The van der Waals surface area contributed by atoms with Crippen LogP contribution in [0.2, 0.25) is 0 Å². The van der Waals surface area contributed by atoms with Crippen LogP contribution >= 0.6 is 0 Å². The number of esters is 1. The molecule has 4 saturated carbocycles. The van der Waals surface area contributed by atoms with E-state index in [1.54, 1.807) is 13.8 Å². The second kappa shape index (κ2) is 9.57. The summed E-state index contributed by atoms with van der Waals surface area (Å²) in [7, 11) is 0. The van der Waals surface area contributed by atoms with E-state index in [4.69, 9.17) is 4.74 Å². The Hall–Kier alpha value is -1.85. The SMILES string of the molecule is CC1(C)CC[C@]2(C(=O)O)CC[C@]3(C)C(=CC[C@H]4[C@@]5(C)CC[C@H](OC(=O)CC(C)(C)C(=O)O)C(C)(C)[C@@H]5CC[C@]43C)[C@H]2C1. The summed E-state index contributed by atoms with van der Waals surface area (Å²) in [5.41, 5.74) is -0.236. The fraction of sp³-hybridized carbons (Fsp3) is 0.861. The maximum Gasteiger partial charge on any atom is 0.310 e. The molecule has 0 aliphatic heterocycles. The fourth-order valence-electron chi connectivity index (χ4n) is 11.4. The number of fused-ring (bicyclic) bond motifs is 7. The molecule has 5 aliphatic rings. The molecule has 236 valence electrons. The van der Waals surface area contributed by atoms with Crippen molar-refractivity contribution < 1.29 is 29.3 Å². The Bertz CT molecular complexity index is 1200. The first-order valence-corrected chi connectivity index (χ1v) is 16.5. The Morgan fingerprint density at radius 1 is 0.881 bits per heavy atom. The molecule has 6 nitrogen and oxygen atoms in total. The number of ether oxygens (including phenoxy) is 1. The van der Waals surface area contributed by atoms with Gasteiger partial charge in [-0.25, -0.2) is 0 Å². The number of carboxylic acids is 2. The molecule has 6 heteroatoms. The van der Waals surface area contributed by atoms with Crippen molar-refractivity contribution in [1.82, 2.24) is 0 Å². The van der Waals surface area contributed by atoms with E-state index in [2.05, 4.69) is 54.5 Å². The predicted molar refractivity (Wildman–Crippen MR) is 163 cm³/mol. The highest BCUT2D eigenvalue weighted by Crippen LogP contribution is 2.75. The van der Waals surface area contributed by atoms with Crippen molar-refractivity contribution in [2.75, 3.05) is 0 Å². The minimum absolute atomic E-state index is 0.0171. The molecule has 0 unspecified atom stereocenters. The lowest BCUT2D eigenvalue weighted by molar-refractivity contribution is -0.214. The molecule has 42 heavy (non-hydrogen) atoms. The Morgan fingerprint density at radius 2 is 1.52 bits per heavy atom. The first-order chi connectivity index (χ1) is 19.2. The van der Waals surface area contributed by atoms with E-state index in [9.17, 15) is 24.6 Å². The van der Waals surface area contributed by atoms with Crippen molar-refractivity contribution in [3.8, 4) is 0 Å². The monoisotopic (exact) mass is 584 g/mol. The highest BCUT2D eigenvalue weighted by Gasteiger charge is 2.69. The van der Waals surface area contributed by atoms with Gasteiger partial charge in [-0.05, 0) is 117 Å². The van der Waals surface area contributed by atoms with Crippen LogP contribution in [0.3, 0.4) is 0 Å². The first-order valence-electron chi connectivity index (χ1n) is 16.5. The third kappa shape index (κ3) is 4.34. The van der Waals surface area contributed by atoms with Gasteiger partial charge in [0.2, 0.25) is 0 Å². The molecular weight excluding hydrogens is 528 g/mol. The number of hydrogen-bond donors (Lipinski definition) is 2. The number of allylic oxidation sites excluding steroid dienone is 2. The Kier molecular flexibility index (Phi) is 7.20. The summed E-state index contributed by atoms with van der Waals surface area (Å²) in [6.45, 7) is 19.8. The van der Waals surface area contributed by atoms with Crippen molar-refractivity contribution in [3.05, 3.63) is 11.6 Å². The van der Waals surface area contributed by atoms with Crippen LogP contribution in [0, 0.1) is 55.7 Å². The zero-order chi connectivity index (χ0) is 31.3. The maximum atomic E-state index is 12.9. The molecule has 0 saturated heterocycles. The highest BCUT2D eigenvalue weighted by atomic mass is 16.5. The van der Waals surface area contributed by atoms with E-state index >= 15 is 0 Å². The smallest absolute Gasteiger partial charge is 0.310 e. The molecule has 2 N–H and O–H groups in total. The summed E-state index contributed by atoms with van der Waals surface area (Å²) in [6.07, 6.45) is 11.5. The Balaban J connectivity index is 1.45. The molecule has 0 radical (unpaired) electrons. The topological polar surface area (TPSA) is 101 Å². The van der Waals surface area contributed by atoms with Crippen molar-refractivity contribution >= 4 is 17.9 Å². The van der Waals surface area contributed by atoms with Gasteiger partial charge in [-0.15, -0.1) is 0 Å². The Morgan fingerprint density at radius 3 is 2.14 bits per heavy atom. The first kappa shape index (κ1) is 31.6. The minimum atomic E-state index is -1.15. The summed E-state index contributed by atoms with van der Waals surface area (Å²) in [5, 5.41) is 20.1. The zero-order valence-electron chi connectivity index (χ0n) is 27.7. The average molecular weight is 585 g/mol. The summed E-state index contributed by atoms with van der Waals surface area (Å²) in [4.78, 5) is 37.5. The van der Waals surface area contributed by atoms with Crippen LogP contribution in [0.15, 0.2) is 11.6 Å². The third-order valence-corrected chi connectivity index (χ3v) is 14.4. The minimum Gasteiger partial charge on any atom is -0.481 e. The number of carbonyl (C=O) groups is 3. The van der Waals surface area contributed by atoms with Gasteiger partial charge in [-0.2, -0.15) is 0 Å². The molecular formula is C36H56O6. The fourth-order valence-corrected chi connectivity index (χ4v) is 11.4. The van der Waals surface area contributed by atoms with Crippen molar-refractivity contribution in [2.24, 2.45) is 55.7 Å². The van der Waals surface area contributed by atoms with Crippen molar-refractivity contribution in [3.63, 3.8) is 0 Å². The van der Waals surface area contributed by atoms with Gasteiger partial charge in [-0.1, -0.05) is 60.1 Å². The molecule has 5 aliphatic carbocycles. The highest BCUT2D eigenvalue weighted by molar-refractivity contribution is 5.81. The molecule has 0 aromatic carbocycles. The van der Waals surface area contributed by atoms with Crippen LogP contribution in [-0.4, -0.2) is 34.2 Å². The van der Waals surface area contributed by atoms with E-state index in [0.717, 1.165) is 64.2 Å². The molecule has 0 aromatic rings. The van der Waals surface area contributed by atoms with Crippen molar-refractivity contribution in [2.45, 2.75) is 139 Å². The van der Waals surface area contributed by atoms with E-state index in [0.29, 0.717) is 11.8 Å². The van der Waals surface area contributed by atoms with Crippen LogP contribution in [0.1, 0.15) is 133 Å². The van der Waals surface area contributed by atoms with E-state index in [1.165, 1.54) is 5.57 Å². The number of carboxylic acid groups (broad SMARTS) is 2. The van der Waals surface area contributed by atoms with Gasteiger partial charge in [-0.3, -0.25) is 14.4 Å². The standard InChI is InChI=1S/C36H56O6/c1-30(2)16-18-36(29(40)41)19-17-34(8)22(23(36)20-30)10-11-25-33(7)14-13-26(42-27(37)21-31(3,4)28(38)39)32(5,6)24(33)12-15-35(25,34)9/h10,23-26H,11-21H2,1-9H3,(H,38,39)(H,40,41)/t23-,24+,25+,26+,33+,34-,35-,36+/m1/s1. The van der Waals surface area contributed by atoms with E-state index in [-0.39, 0.29) is 45.5 Å². The molecule has 0 aromatic heterocycles. The molecule has 0 amide bonds. The quantitative estimate of drug-likeness (QED) is 0.249. The lowest BCUT2D eigenvalue weighted by Gasteiger charge is -2.71. The number of rotatable bonds is 5. The van der Waals surface area contributed by atoms with E-state index in [1.807, 2.05) is 0 Å². The van der Waals surface area contributed by atoms with Gasteiger partial charge in [0.15, 0.2) is 0 Å². The summed E-state index contributed by atoms with van der Waals surface area (Å²) >= 11 is 0. The van der Waals surface area contributed by atoms with Gasteiger partial charge in [0.1, 0.15) is 6.10 Å². The zero-order valence-corrected chi connectivity index (χ0v) is 27.7. The lowest BCUT2D eigenvalue weighted by atomic mass is 9.33. The van der Waals surface area contributed by atoms with Gasteiger partial charge >= 0.3 is 17.9 Å². The molecule has 4 fully saturated rings. The summed E-state index contributed by atoms with van der Waals surface area (Å²) < 4.78 is 6.10. The molecule has 0 spiro atoms. The number of aliphatic carboxylic acids is 2. The van der Waals surface area contributed by atoms with Gasteiger partial charge < -0.3 is 14.9 Å².